The Morgan fingerprint density at radius 3 is 1.65 bits per heavy atom. The molecule has 0 amide bonds. The molecule has 0 radical (unpaired) electrons. The molecule has 0 saturated carbocycles. The molecule has 49 heavy (non-hydrogen) atoms. The van der Waals surface area contributed by atoms with Gasteiger partial charge in [0.2, 0.25) is 0 Å². The summed E-state index contributed by atoms with van der Waals surface area (Å²) in [5, 5.41) is 21.4. The second-order valence-corrected chi connectivity index (χ2v) is 11.0. The molecule has 0 spiro atoms. The summed E-state index contributed by atoms with van der Waals surface area (Å²) in [5.74, 6) is -8.21. The van der Waals surface area contributed by atoms with Gasteiger partial charge >= 0.3 is 42.4 Å². The maximum Gasteiger partial charge on any atom is 0.490 e. The second kappa shape index (κ2) is 19.5. The zero-order chi connectivity index (χ0) is 38.4. The van der Waals surface area contributed by atoms with Gasteiger partial charge in [-0.3, -0.25) is 9.69 Å². The van der Waals surface area contributed by atoms with Crippen LogP contribution < -0.4 is 0 Å². The normalized spacial score (nSPS) is 19.8. The number of rotatable bonds is 7. The molecular weight excluding hydrogens is 696 g/mol. The quantitative estimate of drug-likeness (QED) is 0.271. The van der Waals surface area contributed by atoms with Crippen LogP contribution in [-0.4, -0.2) is 132 Å². The Bertz CT molecular complexity index is 1150. The highest BCUT2D eigenvalue weighted by Crippen LogP contribution is 2.44. The molecule has 2 aliphatic heterocycles. The molecule has 0 bridgehead atoms. The molecule has 2 heterocycles. The van der Waals surface area contributed by atoms with E-state index >= 15 is 0 Å². The second-order valence-electron chi connectivity index (χ2n) is 11.0. The van der Waals surface area contributed by atoms with Crippen LogP contribution in [0.4, 0.5) is 43.9 Å². The summed E-state index contributed by atoms with van der Waals surface area (Å²) in [7, 11) is 4.17. The Balaban J connectivity index is 0.000000891. The Morgan fingerprint density at radius 1 is 0.837 bits per heavy atom. The van der Waals surface area contributed by atoms with Gasteiger partial charge in [0, 0.05) is 45.2 Å². The van der Waals surface area contributed by atoms with Gasteiger partial charge in [-0.05, 0) is 58.1 Å². The number of likely N-dealkylation sites (N-methyl/N-ethyl adjacent to an activating group) is 1. The molecule has 21 heteroatoms. The number of carbonyl (C=O) groups is 4. The van der Waals surface area contributed by atoms with Gasteiger partial charge in [-0.1, -0.05) is 12.1 Å². The first kappa shape index (κ1) is 45.3. The molecule has 0 aromatic heterocycles. The van der Waals surface area contributed by atoms with Gasteiger partial charge in [-0.25, -0.2) is 18.8 Å². The number of esters is 1. The van der Waals surface area contributed by atoms with Gasteiger partial charge in [-0.15, -0.1) is 0 Å². The smallest absolute Gasteiger partial charge is 0.475 e. The predicted octanol–water partition coefficient (Wildman–Crippen LogP) is 4.36. The third kappa shape index (κ3) is 17.0. The van der Waals surface area contributed by atoms with E-state index in [2.05, 4.69) is 28.8 Å². The predicted molar refractivity (Wildman–Crippen MR) is 150 cm³/mol. The van der Waals surface area contributed by atoms with E-state index < -0.39 is 36.4 Å². The summed E-state index contributed by atoms with van der Waals surface area (Å²) in [6, 6.07) is 6.76. The minimum atomic E-state index is -5.08. The van der Waals surface area contributed by atoms with E-state index in [9.17, 15) is 48.7 Å². The maximum absolute atomic E-state index is 13.2. The highest BCUT2D eigenvalue weighted by atomic mass is 19.4. The number of benzene rings is 1. The fraction of sp³-hybridized carbons (Fsp3) is 0.643. The van der Waals surface area contributed by atoms with Crippen molar-refractivity contribution in [3.63, 3.8) is 0 Å². The Kier molecular flexibility index (Phi) is 18.0. The fourth-order valence-corrected chi connectivity index (χ4v) is 4.73. The lowest BCUT2D eigenvalue weighted by Gasteiger charge is -2.31. The van der Waals surface area contributed by atoms with E-state index in [1.165, 1.54) is 12.1 Å². The SMILES string of the molecule is CCOC(=O)[C@]12CCCN(Cc3ccc(F)cc3)C[C@H]1CN(CCN(C)C)C2.O=C(O)C(F)(F)F.O=C(O)C(F)(F)F.O=C(O)C(F)(F)F. The molecule has 11 nitrogen and oxygen atoms in total. The van der Waals surface area contributed by atoms with Crippen LogP contribution >= 0.6 is 0 Å². The number of fused-ring (bicyclic) bond motifs is 1. The summed E-state index contributed by atoms with van der Waals surface area (Å²) < 4.78 is 114. The van der Waals surface area contributed by atoms with Crippen LogP contribution in [0.5, 0.6) is 0 Å². The molecule has 2 fully saturated rings. The number of hydrogen-bond donors (Lipinski definition) is 3. The standard InChI is InChI=1S/C22H34FN3O2.3C2HF3O2/c1-4-28-21(27)22-10-5-11-25(14-18-6-8-20(23)9-7-18)15-19(22)16-26(17-22)13-12-24(2)3;3*3-2(4,5)1(6)7/h6-9,19H,4-5,10-17H2,1-3H3;3*(H,6,7)/t19-,22-;;;/m0.../s1. The van der Waals surface area contributed by atoms with Crippen molar-refractivity contribution in [1.29, 1.82) is 0 Å². The number of alkyl halides is 9. The van der Waals surface area contributed by atoms with E-state index in [0.717, 1.165) is 64.2 Å². The fourth-order valence-electron chi connectivity index (χ4n) is 4.73. The zero-order valence-corrected chi connectivity index (χ0v) is 26.5. The summed E-state index contributed by atoms with van der Waals surface area (Å²) in [4.78, 5) is 46.8. The number of halogens is 10. The molecule has 2 saturated heterocycles. The third-order valence-corrected chi connectivity index (χ3v) is 6.93. The van der Waals surface area contributed by atoms with Crippen molar-refractivity contribution in [2.45, 2.75) is 44.8 Å². The first-order chi connectivity index (χ1) is 22.3. The highest BCUT2D eigenvalue weighted by Gasteiger charge is 2.53. The van der Waals surface area contributed by atoms with Crippen molar-refractivity contribution in [2.75, 3.05) is 60.0 Å². The lowest BCUT2D eigenvalue weighted by Crippen LogP contribution is -2.42. The van der Waals surface area contributed by atoms with E-state index in [4.69, 9.17) is 34.4 Å². The molecule has 3 N–H and O–H groups in total. The number of ether oxygens (including phenoxy) is 1. The van der Waals surface area contributed by atoms with Crippen molar-refractivity contribution in [3.05, 3.63) is 35.6 Å². The van der Waals surface area contributed by atoms with Crippen LogP contribution in [0.1, 0.15) is 25.3 Å². The Hall–Kier alpha value is -3.72. The topological polar surface area (TPSA) is 148 Å². The lowest BCUT2D eigenvalue weighted by molar-refractivity contribution is -0.193. The van der Waals surface area contributed by atoms with Crippen LogP contribution in [0.2, 0.25) is 0 Å². The average molecular weight is 734 g/mol. The molecule has 1 aromatic carbocycles. The van der Waals surface area contributed by atoms with Crippen molar-refractivity contribution in [3.8, 4) is 0 Å². The summed E-state index contributed by atoms with van der Waals surface area (Å²) in [5.41, 5.74) is 0.729. The Morgan fingerprint density at radius 2 is 1.27 bits per heavy atom. The first-order valence-electron chi connectivity index (χ1n) is 14.2. The Labute approximate surface area is 274 Å². The molecule has 282 valence electrons. The summed E-state index contributed by atoms with van der Waals surface area (Å²) >= 11 is 0. The number of hydrogen-bond acceptors (Lipinski definition) is 8. The van der Waals surface area contributed by atoms with Gasteiger partial charge in [0.15, 0.2) is 0 Å². The summed E-state index contributed by atoms with van der Waals surface area (Å²) in [6.07, 6.45) is -13.4. The van der Waals surface area contributed by atoms with E-state index in [1.807, 2.05) is 19.1 Å². The van der Waals surface area contributed by atoms with Crippen LogP contribution in [-0.2, 0) is 30.5 Å². The van der Waals surface area contributed by atoms with Crippen molar-refractivity contribution >= 4 is 23.9 Å². The van der Waals surface area contributed by atoms with E-state index in [-0.39, 0.29) is 23.1 Å². The van der Waals surface area contributed by atoms with Crippen LogP contribution in [0.25, 0.3) is 0 Å². The molecule has 0 aliphatic carbocycles. The minimum Gasteiger partial charge on any atom is -0.475 e. The van der Waals surface area contributed by atoms with Crippen molar-refractivity contribution < 1.29 is 83.1 Å². The van der Waals surface area contributed by atoms with E-state index in [0.29, 0.717) is 6.61 Å². The van der Waals surface area contributed by atoms with Crippen LogP contribution in [0, 0.1) is 17.2 Å². The molecule has 2 aliphatic rings. The molecule has 2 atom stereocenters. The summed E-state index contributed by atoms with van der Waals surface area (Å²) in [6.45, 7) is 8.67. The van der Waals surface area contributed by atoms with Gasteiger partial charge in [-0.2, -0.15) is 39.5 Å². The molecule has 3 rings (SSSR count). The molecule has 1 aromatic rings. The van der Waals surface area contributed by atoms with Gasteiger partial charge in [0.1, 0.15) is 5.82 Å². The van der Waals surface area contributed by atoms with Gasteiger partial charge in [0.25, 0.3) is 0 Å². The number of carbonyl (C=O) groups excluding carboxylic acids is 1. The van der Waals surface area contributed by atoms with E-state index in [1.54, 1.807) is 0 Å². The lowest BCUT2D eigenvalue weighted by atomic mass is 9.75. The third-order valence-electron chi connectivity index (χ3n) is 6.93. The first-order valence-corrected chi connectivity index (χ1v) is 14.2. The van der Waals surface area contributed by atoms with Gasteiger partial charge < -0.3 is 29.9 Å². The van der Waals surface area contributed by atoms with Crippen molar-refractivity contribution in [1.82, 2.24) is 14.7 Å². The highest BCUT2D eigenvalue weighted by molar-refractivity contribution is 5.78. The molecular formula is C28H37F10N3O8. The largest absolute Gasteiger partial charge is 0.490 e. The minimum absolute atomic E-state index is 0.0176. The number of carboxylic acid groups (broad SMARTS) is 3. The average Bonchev–Trinajstić information content (AvgIpc) is 3.21. The number of likely N-dealkylation sites (tertiary alicyclic amines) is 2. The number of aliphatic carboxylic acids is 3. The van der Waals surface area contributed by atoms with Crippen molar-refractivity contribution in [2.24, 2.45) is 11.3 Å². The maximum atomic E-state index is 13.2. The van der Waals surface area contributed by atoms with Crippen LogP contribution in [0.15, 0.2) is 24.3 Å². The zero-order valence-electron chi connectivity index (χ0n) is 26.5. The van der Waals surface area contributed by atoms with Gasteiger partial charge in [0.05, 0.1) is 12.0 Å². The number of nitrogens with zero attached hydrogens (tertiary/aromatic N) is 3. The molecule has 0 unspecified atom stereocenters. The van der Waals surface area contributed by atoms with Crippen LogP contribution in [0.3, 0.4) is 0 Å². The monoisotopic (exact) mass is 733 g/mol. The number of carboxylic acids is 3.